The molecule has 1 aliphatic heterocycles. The van der Waals surface area contributed by atoms with Gasteiger partial charge in [-0.15, -0.1) is 0 Å². The van der Waals surface area contributed by atoms with E-state index in [2.05, 4.69) is 0 Å². The molecule has 0 amide bonds. The van der Waals surface area contributed by atoms with E-state index in [1.807, 2.05) is 6.92 Å². The Bertz CT molecular complexity index is 546. The fraction of sp³-hybridized carbons (Fsp3) is 0.889. The molecule has 1 heterocycles. The van der Waals surface area contributed by atoms with Crippen LogP contribution >= 0.6 is 0 Å². The number of fused-ring (bicyclic) bond motifs is 5. The molecular weight excluding hydrogens is 296 g/mol. The summed E-state index contributed by atoms with van der Waals surface area (Å²) in [6.45, 7) is 4.28. The molecule has 0 aromatic heterocycles. The second-order valence-electron chi connectivity index (χ2n) is 8.48. The molecule has 2 bridgehead atoms. The number of hydrogen-bond donors (Lipinski definition) is 2. The van der Waals surface area contributed by atoms with E-state index in [9.17, 15) is 19.8 Å². The third-order valence-electron chi connectivity index (χ3n) is 7.46. The molecule has 3 saturated carbocycles. The van der Waals surface area contributed by atoms with Gasteiger partial charge in [-0.25, -0.2) is 0 Å². The zero-order valence-electron chi connectivity index (χ0n) is 13.8. The molecule has 3 aliphatic carbocycles. The third kappa shape index (κ3) is 2.02. The van der Waals surface area contributed by atoms with Crippen molar-refractivity contribution >= 4 is 11.6 Å². The summed E-state index contributed by atoms with van der Waals surface area (Å²) in [5, 5.41) is 21.0. The molecule has 128 valence electrons. The van der Waals surface area contributed by atoms with Crippen molar-refractivity contribution in [3.8, 4) is 0 Å². The van der Waals surface area contributed by atoms with Gasteiger partial charge in [-0.3, -0.25) is 9.59 Å². The van der Waals surface area contributed by atoms with Crippen molar-refractivity contribution in [3.05, 3.63) is 0 Å². The number of Topliss-reactive ketones (excluding diaryl/α,β-unsaturated/α-hetero) is 2. The lowest BCUT2D eigenvalue weighted by Gasteiger charge is -2.57. The van der Waals surface area contributed by atoms with Gasteiger partial charge < -0.3 is 14.9 Å². The van der Waals surface area contributed by atoms with Crippen LogP contribution in [0.3, 0.4) is 0 Å². The SMILES string of the molecule is CC1C2C[C@@H](C[C@@H]1O)C[C@H]1[C@H]3CO[C@H]3C[C@H](O)[C@@]1(C)C(=O)C2=O. The van der Waals surface area contributed by atoms with E-state index in [1.165, 1.54) is 0 Å². The Kier molecular flexibility index (Phi) is 3.49. The minimum Gasteiger partial charge on any atom is -0.393 e. The molecule has 2 unspecified atom stereocenters. The van der Waals surface area contributed by atoms with Gasteiger partial charge in [0.15, 0.2) is 0 Å². The Labute approximate surface area is 136 Å². The van der Waals surface area contributed by atoms with E-state index in [1.54, 1.807) is 6.92 Å². The quantitative estimate of drug-likeness (QED) is 0.649. The number of aliphatic hydroxyl groups excluding tert-OH is 2. The molecule has 0 spiro atoms. The lowest BCUT2D eigenvalue weighted by Crippen LogP contribution is -2.65. The maximum atomic E-state index is 13.1. The maximum Gasteiger partial charge on any atom is 0.207 e. The highest BCUT2D eigenvalue weighted by Crippen LogP contribution is 2.55. The van der Waals surface area contributed by atoms with Crippen LogP contribution < -0.4 is 0 Å². The molecule has 0 aromatic rings. The Morgan fingerprint density at radius 3 is 2.52 bits per heavy atom. The van der Waals surface area contributed by atoms with Crippen LogP contribution in [0.1, 0.15) is 39.5 Å². The van der Waals surface area contributed by atoms with Gasteiger partial charge in [0.2, 0.25) is 11.6 Å². The summed E-state index contributed by atoms with van der Waals surface area (Å²) in [6, 6.07) is 0. The molecule has 0 radical (unpaired) electrons. The molecule has 23 heavy (non-hydrogen) atoms. The highest BCUT2D eigenvalue weighted by molar-refractivity contribution is 6.40. The van der Waals surface area contributed by atoms with Crippen molar-refractivity contribution in [3.63, 3.8) is 0 Å². The summed E-state index contributed by atoms with van der Waals surface area (Å²) in [4.78, 5) is 25.9. The van der Waals surface area contributed by atoms with Crippen molar-refractivity contribution in [2.24, 2.45) is 35.0 Å². The number of ketones is 2. The second-order valence-corrected chi connectivity index (χ2v) is 8.48. The fourth-order valence-corrected chi connectivity index (χ4v) is 5.68. The van der Waals surface area contributed by atoms with Crippen LogP contribution in [-0.2, 0) is 14.3 Å². The first-order valence-corrected chi connectivity index (χ1v) is 8.90. The van der Waals surface area contributed by atoms with Crippen LogP contribution in [0, 0.1) is 35.0 Å². The number of carbonyl (C=O) groups excluding carboxylic acids is 2. The first-order valence-electron chi connectivity index (χ1n) is 8.90. The molecule has 5 nitrogen and oxygen atoms in total. The maximum absolute atomic E-state index is 13.1. The van der Waals surface area contributed by atoms with E-state index in [0.717, 1.165) is 6.42 Å². The Hall–Kier alpha value is -0.780. The normalized spacial score (nSPS) is 56.0. The molecular formula is C18H26O5. The first kappa shape index (κ1) is 15.7. The Balaban J connectivity index is 1.75. The van der Waals surface area contributed by atoms with Gasteiger partial charge in [0, 0.05) is 18.3 Å². The van der Waals surface area contributed by atoms with Crippen molar-refractivity contribution < 1.29 is 24.5 Å². The molecule has 4 aliphatic rings. The zero-order chi connectivity index (χ0) is 16.5. The minimum absolute atomic E-state index is 0.0204. The van der Waals surface area contributed by atoms with Gasteiger partial charge >= 0.3 is 0 Å². The third-order valence-corrected chi connectivity index (χ3v) is 7.46. The van der Waals surface area contributed by atoms with E-state index >= 15 is 0 Å². The Morgan fingerprint density at radius 1 is 1.13 bits per heavy atom. The topological polar surface area (TPSA) is 83.8 Å². The van der Waals surface area contributed by atoms with E-state index in [-0.39, 0.29) is 35.6 Å². The molecule has 4 rings (SSSR count). The predicted octanol–water partition coefficient (Wildman–Crippen LogP) is 0.954. The smallest absolute Gasteiger partial charge is 0.207 e. The van der Waals surface area contributed by atoms with Crippen LogP contribution in [0.5, 0.6) is 0 Å². The van der Waals surface area contributed by atoms with Gasteiger partial charge in [0.1, 0.15) is 0 Å². The van der Waals surface area contributed by atoms with Gasteiger partial charge in [0.05, 0.1) is 30.3 Å². The van der Waals surface area contributed by atoms with Crippen molar-refractivity contribution in [1.82, 2.24) is 0 Å². The first-order chi connectivity index (χ1) is 10.8. The molecule has 0 aromatic carbocycles. The number of rotatable bonds is 0. The monoisotopic (exact) mass is 322 g/mol. The highest BCUT2D eigenvalue weighted by Gasteiger charge is 2.62. The zero-order valence-corrected chi connectivity index (χ0v) is 13.8. The van der Waals surface area contributed by atoms with Crippen LogP contribution in [-0.4, -0.2) is 46.7 Å². The van der Waals surface area contributed by atoms with Crippen molar-refractivity contribution in [2.45, 2.75) is 57.8 Å². The summed E-state index contributed by atoms with van der Waals surface area (Å²) in [7, 11) is 0. The van der Waals surface area contributed by atoms with Gasteiger partial charge in [0.25, 0.3) is 0 Å². The average Bonchev–Trinajstić information content (AvgIpc) is 2.49. The minimum atomic E-state index is -0.985. The number of carbonyl (C=O) groups is 2. The van der Waals surface area contributed by atoms with E-state index in [0.29, 0.717) is 25.9 Å². The van der Waals surface area contributed by atoms with Crippen molar-refractivity contribution in [2.75, 3.05) is 6.61 Å². The predicted molar refractivity (Wildman–Crippen MR) is 81.5 cm³/mol. The van der Waals surface area contributed by atoms with Gasteiger partial charge in [-0.2, -0.15) is 0 Å². The lowest BCUT2D eigenvalue weighted by atomic mass is 9.51. The average molecular weight is 322 g/mol. The number of ether oxygens (including phenoxy) is 1. The van der Waals surface area contributed by atoms with E-state index < -0.39 is 29.3 Å². The molecule has 4 fully saturated rings. The highest BCUT2D eigenvalue weighted by atomic mass is 16.5. The second kappa shape index (κ2) is 5.11. The van der Waals surface area contributed by atoms with Gasteiger partial charge in [-0.05, 0) is 43.9 Å². The Morgan fingerprint density at radius 2 is 1.87 bits per heavy atom. The molecule has 2 N–H and O–H groups in total. The number of aliphatic hydroxyl groups is 2. The summed E-state index contributed by atoms with van der Waals surface area (Å²) in [6.07, 6.45) is 1.34. The van der Waals surface area contributed by atoms with Crippen LogP contribution in [0.25, 0.3) is 0 Å². The number of hydrogen-bond acceptors (Lipinski definition) is 5. The largest absolute Gasteiger partial charge is 0.393 e. The van der Waals surface area contributed by atoms with Crippen molar-refractivity contribution in [1.29, 1.82) is 0 Å². The summed E-state index contributed by atoms with van der Waals surface area (Å²) >= 11 is 0. The standard InChI is InChI=1S/C18H26O5/c1-8-10-3-9(5-13(8)19)4-12-11-7-23-14(11)6-15(20)18(12,2)17(22)16(10)21/h8-15,19-20H,3-7H2,1-2H3/t8?,9-,10?,11-,12+,13+,14+,15+,18+/m1/s1. The molecule has 1 saturated heterocycles. The fourth-order valence-electron chi connectivity index (χ4n) is 5.68. The van der Waals surface area contributed by atoms with Crippen LogP contribution in [0.15, 0.2) is 0 Å². The van der Waals surface area contributed by atoms with Gasteiger partial charge in [-0.1, -0.05) is 6.92 Å². The summed E-state index contributed by atoms with van der Waals surface area (Å²) in [5.74, 6) is -0.865. The van der Waals surface area contributed by atoms with E-state index in [4.69, 9.17) is 4.74 Å². The summed E-state index contributed by atoms with van der Waals surface area (Å²) in [5.41, 5.74) is -0.985. The molecule has 5 heteroatoms. The summed E-state index contributed by atoms with van der Waals surface area (Å²) < 4.78 is 5.57. The lowest BCUT2D eigenvalue weighted by molar-refractivity contribution is -0.228. The van der Waals surface area contributed by atoms with Crippen LogP contribution in [0.2, 0.25) is 0 Å². The van der Waals surface area contributed by atoms with Crippen LogP contribution in [0.4, 0.5) is 0 Å². The molecule has 9 atom stereocenters.